The van der Waals surface area contributed by atoms with Gasteiger partial charge in [-0.25, -0.2) is 4.98 Å². The minimum atomic E-state index is -0.366. The highest BCUT2D eigenvalue weighted by Crippen LogP contribution is 2.23. The maximum atomic E-state index is 12.4. The standard InChI is InChI=1S/C19H21ClN6O2S2/c1-11-10-29-18(22-11)23-16(27)12(2)30-19-25-24-15(26(19)3)8-9-21-17(28)13-4-6-14(20)7-5-13/h4-7,10,12H,8-9H2,1-3H3,(H,21,28)(H,22,23,27). The molecule has 0 fully saturated rings. The summed E-state index contributed by atoms with van der Waals surface area (Å²) in [5.41, 5.74) is 1.42. The van der Waals surface area contributed by atoms with Crippen molar-refractivity contribution in [3.63, 3.8) is 0 Å². The van der Waals surface area contributed by atoms with E-state index >= 15 is 0 Å². The lowest BCUT2D eigenvalue weighted by molar-refractivity contribution is -0.115. The molecule has 1 aromatic carbocycles. The fourth-order valence-corrected chi connectivity index (χ4v) is 4.14. The van der Waals surface area contributed by atoms with Gasteiger partial charge in [0.15, 0.2) is 10.3 Å². The molecule has 11 heteroatoms. The van der Waals surface area contributed by atoms with Crippen LogP contribution in [0.1, 0.15) is 28.8 Å². The maximum absolute atomic E-state index is 12.4. The normalized spacial score (nSPS) is 11.9. The van der Waals surface area contributed by atoms with Crippen LogP contribution >= 0.6 is 34.7 Å². The lowest BCUT2D eigenvalue weighted by Crippen LogP contribution is -2.26. The summed E-state index contributed by atoms with van der Waals surface area (Å²) in [5.74, 6) is 0.400. The number of thiazole rings is 1. The zero-order chi connectivity index (χ0) is 21.7. The van der Waals surface area contributed by atoms with Crippen molar-refractivity contribution in [2.45, 2.75) is 30.7 Å². The lowest BCUT2D eigenvalue weighted by Gasteiger charge is -2.10. The van der Waals surface area contributed by atoms with Crippen LogP contribution in [0.4, 0.5) is 5.13 Å². The van der Waals surface area contributed by atoms with Crippen LogP contribution in [-0.4, -0.2) is 43.4 Å². The van der Waals surface area contributed by atoms with Crippen molar-refractivity contribution in [3.8, 4) is 0 Å². The quantitative estimate of drug-likeness (QED) is 0.496. The summed E-state index contributed by atoms with van der Waals surface area (Å²) in [4.78, 5) is 28.8. The predicted molar refractivity (Wildman–Crippen MR) is 119 cm³/mol. The van der Waals surface area contributed by atoms with Gasteiger partial charge >= 0.3 is 0 Å². The highest BCUT2D eigenvalue weighted by atomic mass is 35.5. The van der Waals surface area contributed by atoms with E-state index in [-0.39, 0.29) is 17.1 Å². The van der Waals surface area contributed by atoms with E-state index in [0.29, 0.717) is 33.8 Å². The van der Waals surface area contributed by atoms with Crippen molar-refractivity contribution in [1.82, 2.24) is 25.1 Å². The van der Waals surface area contributed by atoms with Crippen molar-refractivity contribution >= 4 is 51.6 Å². The molecule has 0 aliphatic rings. The third-order valence-corrected chi connectivity index (χ3v) is 6.43. The topological polar surface area (TPSA) is 102 Å². The zero-order valence-electron chi connectivity index (χ0n) is 16.7. The Morgan fingerprint density at radius 3 is 2.67 bits per heavy atom. The molecule has 0 bridgehead atoms. The Hall–Kier alpha value is -2.43. The number of carbonyl (C=O) groups excluding carboxylic acids is 2. The maximum Gasteiger partial charge on any atom is 0.251 e. The number of amides is 2. The molecule has 0 aliphatic carbocycles. The van der Waals surface area contributed by atoms with Crippen molar-refractivity contribution in [1.29, 1.82) is 0 Å². The summed E-state index contributed by atoms with van der Waals surface area (Å²) in [6.45, 7) is 4.10. The predicted octanol–water partition coefficient (Wildman–Crippen LogP) is 3.33. The average Bonchev–Trinajstić information content (AvgIpc) is 3.28. The number of nitrogens with one attached hydrogen (secondary N) is 2. The van der Waals surface area contributed by atoms with E-state index in [1.807, 2.05) is 23.9 Å². The second-order valence-corrected chi connectivity index (χ2v) is 9.12. The van der Waals surface area contributed by atoms with Crippen LogP contribution in [-0.2, 0) is 18.3 Å². The molecule has 8 nitrogen and oxygen atoms in total. The first-order valence-electron chi connectivity index (χ1n) is 9.15. The van der Waals surface area contributed by atoms with Gasteiger partial charge in [0.25, 0.3) is 5.91 Å². The van der Waals surface area contributed by atoms with Gasteiger partial charge in [0, 0.05) is 36.0 Å². The van der Waals surface area contributed by atoms with E-state index in [4.69, 9.17) is 11.6 Å². The number of nitrogens with zero attached hydrogens (tertiary/aromatic N) is 4. The van der Waals surface area contributed by atoms with Crippen molar-refractivity contribution in [2.75, 3.05) is 11.9 Å². The lowest BCUT2D eigenvalue weighted by atomic mass is 10.2. The third-order valence-electron chi connectivity index (χ3n) is 4.17. The summed E-state index contributed by atoms with van der Waals surface area (Å²) < 4.78 is 1.83. The highest BCUT2D eigenvalue weighted by Gasteiger charge is 2.20. The first kappa shape index (κ1) is 22.3. The molecule has 3 aromatic rings. The van der Waals surface area contributed by atoms with Crippen molar-refractivity contribution in [3.05, 3.63) is 51.7 Å². The monoisotopic (exact) mass is 464 g/mol. The van der Waals surface area contributed by atoms with Crippen molar-refractivity contribution < 1.29 is 9.59 Å². The summed E-state index contributed by atoms with van der Waals surface area (Å²) in [7, 11) is 1.84. The Morgan fingerprint density at radius 1 is 1.27 bits per heavy atom. The molecule has 1 atom stereocenters. The molecule has 2 heterocycles. The Kier molecular flexibility index (Phi) is 7.46. The Bertz CT molecular complexity index is 1030. The molecule has 158 valence electrons. The van der Waals surface area contributed by atoms with Crippen LogP contribution < -0.4 is 10.6 Å². The number of aryl methyl sites for hydroxylation is 1. The molecule has 2 amide bonds. The summed E-state index contributed by atoms with van der Waals surface area (Å²) in [6, 6.07) is 6.70. The van der Waals surface area contributed by atoms with Gasteiger partial charge in [-0.05, 0) is 38.1 Å². The van der Waals surface area contributed by atoms with E-state index < -0.39 is 0 Å². The largest absolute Gasteiger partial charge is 0.352 e. The SMILES string of the molecule is Cc1csc(NC(=O)C(C)Sc2nnc(CCNC(=O)c3ccc(Cl)cc3)n2C)n1. The molecule has 1 unspecified atom stereocenters. The summed E-state index contributed by atoms with van der Waals surface area (Å²) in [5, 5.41) is 17.3. The molecule has 0 saturated carbocycles. The number of hydrogen-bond donors (Lipinski definition) is 2. The number of halogens is 1. The van der Waals surface area contributed by atoms with E-state index in [9.17, 15) is 9.59 Å². The third kappa shape index (κ3) is 5.80. The summed E-state index contributed by atoms with van der Waals surface area (Å²) >= 11 is 8.55. The zero-order valence-corrected chi connectivity index (χ0v) is 19.1. The number of hydrogen-bond acceptors (Lipinski definition) is 7. The minimum absolute atomic E-state index is 0.144. The second kappa shape index (κ2) is 10.1. The van der Waals surface area contributed by atoms with Gasteiger partial charge in [0.2, 0.25) is 5.91 Å². The first-order valence-corrected chi connectivity index (χ1v) is 11.3. The number of anilines is 1. The van der Waals surface area contributed by atoms with Gasteiger partial charge < -0.3 is 15.2 Å². The smallest absolute Gasteiger partial charge is 0.251 e. The van der Waals surface area contributed by atoms with Gasteiger partial charge in [0.1, 0.15) is 5.82 Å². The van der Waals surface area contributed by atoms with Crippen LogP contribution in [0.25, 0.3) is 0 Å². The van der Waals surface area contributed by atoms with Gasteiger partial charge in [-0.2, -0.15) is 0 Å². The van der Waals surface area contributed by atoms with E-state index in [1.165, 1.54) is 23.1 Å². The number of thioether (sulfide) groups is 1. The van der Waals surface area contributed by atoms with Crippen LogP contribution in [0.3, 0.4) is 0 Å². The second-order valence-electron chi connectivity index (χ2n) is 6.51. The van der Waals surface area contributed by atoms with Crippen molar-refractivity contribution in [2.24, 2.45) is 7.05 Å². The van der Waals surface area contributed by atoms with Gasteiger partial charge in [-0.3, -0.25) is 9.59 Å². The Balaban J connectivity index is 1.50. The molecule has 30 heavy (non-hydrogen) atoms. The molecule has 0 saturated heterocycles. The molecule has 3 rings (SSSR count). The first-order chi connectivity index (χ1) is 14.3. The number of aromatic nitrogens is 4. The molecule has 0 radical (unpaired) electrons. The van der Waals surface area contributed by atoms with E-state index in [2.05, 4.69) is 25.8 Å². The number of rotatable bonds is 8. The molecule has 0 aliphatic heterocycles. The van der Waals surface area contributed by atoms with Crippen LogP contribution in [0.5, 0.6) is 0 Å². The van der Waals surface area contributed by atoms with Gasteiger partial charge in [-0.15, -0.1) is 21.5 Å². The summed E-state index contributed by atoms with van der Waals surface area (Å²) in [6.07, 6.45) is 0.516. The van der Waals surface area contributed by atoms with Gasteiger partial charge in [0.05, 0.1) is 10.9 Å². The Labute approximate surface area is 187 Å². The highest BCUT2D eigenvalue weighted by molar-refractivity contribution is 8.00. The fraction of sp³-hybridized carbons (Fsp3) is 0.316. The van der Waals surface area contributed by atoms with Crippen LogP contribution in [0.2, 0.25) is 5.02 Å². The van der Waals surface area contributed by atoms with Crippen LogP contribution in [0.15, 0.2) is 34.8 Å². The molecule has 2 aromatic heterocycles. The average molecular weight is 465 g/mol. The van der Waals surface area contributed by atoms with E-state index in [0.717, 1.165) is 11.5 Å². The number of benzene rings is 1. The Morgan fingerprint density at radius 2 is 2.00 bits per heavy atom. The molecule has 2 N–H and O–H groups in total. The fourth-order valence-electron chi connectivity index (χ4n) is 2.49. The number of carbonyl (C=O) groups is 2. The minimum Gasteiger partial charge on any atom is -0.352 e. The molecular weight excluding hydrogens is 444 g/mol. The van der Waals surface area contributed by atoms with E-state index in [1.54, 1.807) is 31.2 Å². The molecule has 0 spiro atoms. The van der Waals surface area contributed by atoms with Gasteiger partial charge in [-0.1, -0.05) is 23.4 Å². The van der Waals surface area contributed by atoms with Crippen LogP contribution in [0, 0.1) is 6.92 Å². The molecular formula is C19H21ClN6O2S2.